The van der Waals surface area contributed by atoms with Gasteiger partial charge in [-0.2, -0.15) is 5.10 Å². The summed E-state index contributed by atoms with van der Waals surface area (Å²) in [6, 6.07) is 6.11. The van der Waals surface area contributed by atoms with Crippen molar-refractivity contribution >= 4 is 15.9 Å². The van der Waals surface area contributed by atoms with Crippen LogP contribution in [0.2, 0.25) is 0 Å². The van der Waals surface area contributed by atoms with E-state index in [1.165, 1.54) is 0 Å². The molecule has 1 atom stereocenters. The van der Waals surface area contributed by atoms with E-state index in [2.05, 4.69) is 38.3 Å². The van der Waals surface area contributed by atoms with Crippen LogP contribution < -0.4 is 5.32 Å². The van der Waals surface area contributed by atoms with Crippen molar-refractivity contribution in [2.24, 2.45) is 7.05 Å². The first-order chi connectivity index (χ1) is 8.70. The van der Waals surface area contributed by atoms with E-state index < -0.39 is 0 Å². The summed E-state index contributed by atoms with van der Waals surface area (Å²) in [5, 5.41) is 7.95. The molecule has 2 heterocycles. The van der Waals surface area contributed by atoms with Gasteiger partial charge in [0.1, 0.15) is 0 Å². The summed E-state index contributed by atoms with van der Waals surface area (Å²) in [6.45, 7) is 3.09. The highest BCUT2D eigenvalue weighted by Crippen LogP contribution is 2.20. The standard InChI is InChI=1S/C13H17BrN4/c1-3-7-15-13(12-6-8-18(2)17-12)11-5-4-10(14)9-16-11/h4-6,8-9,13,15H,3,7H2,1-2H3. The summed E-state index contributed by atoms with van der Waals surface area (Å²) in [4.78, 5) is 4.46. The van der Waals surface area contributed by atoms with Gasteiger partial charge in [-0.25, -0.2) is 0 Å². The third-order valence-corrected chi connectivity index (χ3v) is 3.14. The molecule has 4 nitrogen and oxygen atoms in total. The molecular weight excluding hydrogens is 292 g/mol. The second-order valence-corrected chi connectivity index (χ2v) is 5.12. The molecule has 1 unspecified atom stereocenters. The minimum absolute atomic E-state index is 0.0549. The van der Waals surface area contributed by atoms with E-state index in [0.717, 1.165) is 28.8 Å². The fraction of sp³-hybridized carbons (Fsp3) is 0.385. The molecule has 0 fully saturated rings. The topological polar surface area (TPSA) is 42.7 Å². The van der Waals surface area contributed by atoms with Crippen LogP contribution in [0.15, 0.2) is 35.1 Å². The van der Waals surface area contributed by atoms with Crippen LogP contribution >= 0.6 is 15.9 Å². The lowest BCUT2D eigenvalue weighted by atomic mass is 10.1. The van der Waals surface area contributed by atoms with Gasteiger partial charge in [-0.05, 0) is 47.1 Å². The highest BCUT2D eigenvalue weighted by Gasteiger charge is 2.16. The van der Waals surface area contributed by atoms with Crippen LogP contribution in [0.3, 0.4) is 0 Å². The van der Waals surface area contributed by atoms with Crippen molar-refractivity contribution in [1.29, 1.82) is 0 Å². The summed E-state index contributed by atoms with van der Waals surface area (Å²) in [6.07, 6.45) is 4.85. The maximum Gasteiger partial charge on any atom is 0.0943 e. The number of aryl methyl sites for hydroxylation is 1. The van der Waals surface area contributed by atoms with Gasteiger partial charge >= 0.3 is 0 Å². The van der Waals surface area contributed by atoms with Crippen LogP contribution in [0.25, 0.3) is 0 Å². The maximum absolute atomic E-state index is 4.47. The predicted octanol–water partition coefficient (Wildman–Crippen LogP) is 2.67. The third-order valence-electron chi connectivity index (χ3n) is 2.67. The van der Waals surface area contributed by atoms with Gasteiger partial charge in [-0.1, -0.05) is 6.92 Å². The van der Waals surface area contributed by atoms with Crippen LogP contribution in [-0.4, -0.2) is 21.3 Å². The largest absolute Gasteiger partial charge is 0.304 e. The molecule has 1 N–H and O–H groups in total. The van der Waals surface area contributed by atoms with E-state index in [1.54, 1.807) is 0 Å². The molecule has 2 aromatic heterocycles. The molecule has 5 heteroatoms. The summed E-state index contributed by atoms with van der Waals surface area (Å²) in [7, 11) is 1.93. The van der Waals surface area contributed by atoms with Gasteiger partial charge in [0.2, 0.25) is 0 Å². The van der Waals surface area contributed by atoms with Gasteiger partial charge in [0.25, 0.3) is 0 Å². The highest BCUT2D eigenvalue weighted by molar-refractivity contribution is 9.10. The summed E-state index contributed by atoms with van der Waals surface area (Å²) >= 11 is 3.40. The van der Waals surface area contributed by atoms with Gasteiger partial charge < -0.3 is 5.32 Å². The SMILES string of the molecule is CCCNC(c1ccc(Br)cn1)c1ccn(C)n1. The van der Waals surface area contributed by atoms with Crippen LogP contribution in [0.5, 0.6) is 0 Å². The first-order valence-electron chi connectivity index (χ1n) is 6.05. The first-order valence-corrected chi connectivity index (χ1v) is 6.84. The van der Waals surface area contributed by atoms with Crippen LogP contribution in [0.1, 0.15) is 30.8 Å². The molecule has 96 valence electrons. The molecule has 0 radical (unpaired) electrons. The monoisotopic (exact) mass is 308 g/mol. The van der Waals surface area contributed by atoms with Crippen molar-refractivity contribution in [2.75, 3.05) is 6.54 Å². The Hall–Kier alpha value is -1.20. The van der Waals surface area contributed by atoms with Gasteiger partial charge in [0.15, 0.2) is 0 Å². The highest BCUT2D eigenvalue weighted by atomic mass is 79.9. The Labute approximate surface area is 116 Å². The van der Waals surface area contributed by atoms with E-state index in [4.69, 9.17) is 0 Å². The Morgan fingerprint density at radius 1 is 1.33 bits per heavy atom. The maximum atomic E-state index is 4.47. The second-order valence-electron chi connectivity index (χ2n) is 4.20. The zero-order chi connectivity index (χ0) is 13.0. The average molecular weight is 309 g/mol. The van der Waals surface area contributed by atoms with Crippen molar-refractivity contribution in [2.45, 2.75) is 19.4 Å². The van der Waals surface area contributed by atoms with Gasteiger partial charge in [-0.3, -0.25) is 9.67 Å². The molecule has 0 bridgehead atoms. The summed E-state index contributed by atoms with van der Waals surface area (Å²) in [5.74, 6) is 0. The quantitative estimate of drug-likeness (QED) is 0.923. The number of halogens is 1. The molecule has 0 amide bonds. The Morgan fingerprint density at radius 3 is 2.72 bits per heavy atom. The zero-order valence-electron chi connectivity index (χ0n) is 10.6. The normalized spacial score (nSPS) is 12.6. The minimum Gasteiger partial charge on any atom is -0.304 e. The van der Waals surface area contributed by atoms with E-state index >= 15 is 0 Å². The minimum atomic E-state index is 0.0549. The average Bonchev–Trinajstić information content (AvgIpc) is 2.78. The van der Waals surface area contributed by atoms with Crippen molar-refractivity contribution in [3.63, 3.8) is 0 Å². The van der Waals surface area contributed by atoms with Crippen molar-refractivity contribution in [3.05, 3.63) is 46.5 Å². The summed E-state index contributed by atoms with van der Waals surface area (Å²) in [5.41, 5.74) is 1.99. The molecule has 0 aliphatic carbocycles. The molecule has 0 spiro atoms. The molecular formula is C13H17BrN4. The van der Waals surface area contributed by atoms with E-state index in [0.29, 0.717) is 0 Å². The van der Waals surface area contributed by atoms with Crippen LogP contribution in [0, 0.1) is 0 Å². The Kier molecular flexibility index (Phi) is 4.49. The molecule has 2 rings (SSSR count). The first kappa shape index (κ1) is 13.2. The number of nitrogens with one attached hydrogen (secondary N) is 1. The van der Waals surface area contributed by atoms with E-state index in [9.17, 15) is 0 Å². The molecule has 0 aromatic carbocycles. The van der Waals surface area contributed by atoms with Gasteiger partial charge in [0.05, 0.1) is 17.4 Å². The Balaban J connectivity index is 2.27. The fourth-order valence-electron chi connectivity index (χ4n) is 1.79. The van der Waals surface area contributed by atoms with Crippen LogP contribution in [0.4, 0.5) is 0 Å². The lowest BCUT2D eigenvalue weighted by Crippen LogP contribution is -2.24. The van der Waals surface area contributed by atoms with Crippen molar-refractivity contribution < 1.29 is 0 Å². The van der Waals surface area contributed by atoms with E-state index in [-0.39, 0.29) is 6.04 Å². The molecule has 0 aliphatic rings. The smallest absolute Gasteiger partial charge is 0.0943 e. The lowest BCUT2D eigenvalue weighted by molar-refractivity contribution is 0.564. The number of aromatic nitrogens is 3. The summed E-state index contributed by atoms with van der Waals surface area (Å²) < 4.78 is 2.80. The Bertz CT molecular complexity index is 492. The van der Waals surface area contributed by atoms with E-state index in [1.807, 2.05) is 42.3 Å². The third kappa shape index (κ3) is 3.17. The molecule has 0 saturated heterocycles. The molecule has 0 saturated carbocycles. The van der Waals surface area contributed by atoms with Crippen molar-refractivity contribution in [1.82, 2.24) is 20.1 Å². The zero-order valence-corrected chi connectivity index (χ0v) is 12.2. The van der Waals surface area contributed by atoms with Crippen LogP contribution in [-0.2, 0) is 7.05 Å². The van der Waals surface area contributed by atoms with Gasteiger partial charge in [-0.15, -0.1) is 0 Å². The number of pyridine rings is 1. The lowest BCUT2D eigenvalue weighted by Gasteiger charge is -2.15. The Morgan fingerprint density at radius 2 is 2.17 bits per heavy atom. The fourth-order valence-corrected chi connectivity index (χ4v) is 2.03. The molecule has 18 heavy (non-hydrogen) atoms. The number of rotatable bonds is 5. The number of nitrogens with zero attached hydrogens (tertiary/aromatic N) is 3. The second kappa shape index (κ2) is 6.11. The molecule has 2 aromatic rings. The number of hydrogen-bond donors (Lipinski definition) is 1. The van der Waals surface area contributed by atoms with Crippen molar-refractivity contribution in [3.8, 4) is 0 Å². The number of hydrogen-bond acceptors (Lipinski definition) is 3. The molecule has 0 aliphatic heterocycles. The van der Waals surface area contributed by atoms with Gasteiger partial charge in [0, 0.05) is 23.9 Å². The predicted molar refractivity (Wildman–Crippen MR) is 75.3 cm³/mol.